The minimum atomic E-state index is -0.476. The summed E-state index contributed by atoms with van der Waals surface area (Å²) in [6.45, 7) is 11.3. The molecule has 0 radical (unpaired) electrons. The second-order valence-corrected chi connectivity index (χ2v) is 7.21. The van der Waals surface area contributed by atoms with Gasteiger partial charge in [-0.15, -0.1) is 0 Å². The zero-order chi connectivity index (χ0) is 17.5. The SMILES string of the molecule is CCC(C)CN(CCCc1cccc(O)c1)C(=O)OC(C)(C)C. The molecule has 0 aliphatic rings. The molecule has 1 aromatic carbocycles. The van der Waals surface area contributed by atoms with Gasteiger partial charge in [-0.2, -0.15) is 0 Å². The fourth-order valence-electron chi connectivity index (χ4n) is 2.27. The summed E-state index contributed by atoms with van der Waals surface area (Å²) in [5, 5.41) is 9.50. The van der Waals surface area contributed by atoms with Crippen molar-refractivity contribution in [1.29, 1.82) is 0 Å². The zero-order valence-corrected chi connectivity index (χ0v) is 15.1. The highest BCUT2D eigenvalue weighted by molar-refractivity contribution is 5.68. The first kappa shape index (κ1) is 19.3. The molecule has 0 saturated heterocycles. The van der Waals surface area contributed by atoms with Gasteiger partial charge in [0.25, 0.3) is 0 Å². The molecule has 0 bridgehead atoms. The standard InChI is InChI=1S/C19H31NO3/c1-6-15(2)14-20(18(22)23-19(3,4)5)12-8-10-16-9-7-11-17(21)13-16/h7,9,11,13,15,21H,6,8,10,12,14H2,1-5H3. The van der Waals surface area contributed by atoms with Gasteiger partial charge in [0.05, 0.1) is 0 Å². The van der Waals surface area contributed by atoms with E-state index in [2.05, 4.69) is 13.8 Å². The van der Waals surface area contributed by atoms with Crippen molar-refractivity contribution in [2.75, 3.05) is 13.1 Å². The third-order valence-electron chi connectivity index (χ3n) is 3.68. The molecule has 130 valence electrons. The van der Waals surface area contributed by atoms with Gasteiger partial charge in [-0.3, -0.25) is 0 Å². The number of hydrogen-bond acceptors (Lipinski definition) is 3. The lowest BCUT2D eigenvalue weighted by molar-refractivity contribution is 0.0221. The highest BCUT2D eigenvalue weighted by Crippen LogP contribution is 2.15. The summed E-state index contributed by atoms with van der Waals surface area (Å²) in [7, 11) is 0. The Morgan fingerprint density at radius 2 is 2.04 bits per heavy atom. The Bertz CT molecular complexity index is 494. The molecule has 0 aliphatic carbocycles. The van der Waals surface area contributed by atoms with E-state index in [1.54, 1.807) is 12.1 Å². The third kappa shape index (κ3) is 7.91. The number of phenolic OH excluding ortho intramolecular Hbond substituents is 1. The molecule has 0 aromatic heterocycles. The van der Waals surface area contributed by atoms with Gasteiger partial charge >= 0.3 is 6.09 Å². The van der Waals surface area contributed by atoms with Crippen LogP contribution in [0.2, 0.25) is 0 Å². The van der Waals surface area contributed by atoms with Crippen LogP contribution in [0.3, 0.4) is 0 Å². The van der Waals surface area contributed by atoms with Crippen molar-refractivity contribution >= 4 is 6.09 Å². The summed E-state index contributed by atoms with van der Waals surface area (Å²) in [5.41, 5.74) is 0.605. The molecule has 0 saturated carbocycles. The fourth-order valence-corrected chi connectivity index (χ4v) is 2.27. The average molecular weight is 321 g/mol. The van der Waals surface area contributed by atoms with Crippen molar-refractivity contribution < 1.29 is 14.6 Å². The van der Waals surface area contributed by atoms with E-state index in [0.717, 1.165) is 24.8 Å². The van der Waals surface area contributed by atoms with E-state index in [1.165, 1.54) is 0 Å². The summed E-state index contributed by atoms with van der Waals surface area (Å²) in [4.78, 5) is 14.2. The van der Waals surface area contributed by atoms with Crippen molar-refractivity contribution in [2.45, 2.75) is 59.5 Å². The second-order valence-electron chi connectivity index (χ2n) is 7.21. The smallest absolute Gasteiger partial charge is 0.410 e. The van der Waals surface area contributed by atoms with E-state index in [4.69, 9.17) is 4.74 Å². The number of ether oxygens (including phenoxy) is 1. The summed E-state index contributed by atoms with van der Waals surface area (Å²) in [5.74, 6) is 0.731. The number of carbonyl (C=O) groups excluding carboxylic acids is 1. The average Bonchev–Trinajstić information content (AvgIpc) is 2.44. The number of benzene rings is 1. The molecule has 4 nitrogen and oxygen atoms in total. The molecule has 23 heavy (non-hydrogen) atoms. The van der Waals surface area contributed by atoms with E-state index >= 15 is 0 Å². The highest BCUT2D eigenvalue weighted by Gasteiger charge is 2.22. The number of carbonyl (C=O) groups is 1. The maximum absolute atomic E-state index is 12.4. The summed E-state index contributed by atoms with van der Waals surface area (Å²) in [6.07, 6.45) is 2.47. The summed E-state index contributed by atoms with van der Waals surface area (Å²) in [6, 6.07) is 7.27. The highest BCUT2D eigenvalue weighted by atomic mass is 16.6. The summed E-state index contributed by atoms with van der Waals surface area (Å²) < 4.78 is 5.51. The number of rotatable bonds is 7. The number of hydrogen-bond donors (Lipinski definition) is 1. The Kier molecular flexibility index (Phi) is 7.40. The number of aryl methyl sites for hydroxylation is 1. The number of aromatic hydroxyl groups is 1. The lowest BCUT2D eigenvalue weighted by atomic mass is 10.1. The molecule has 0 heterocycles. The van der Waals surface area contributed by atoms with Gasteiger partial charge in [-0.1, -0.05) is 32.4 Å². The molecule has 1 amide bonds. The molecule has 1 atom stereocenters. The lowest BCUT2D eigenvalue weighted by Crippen LogP contribution is -2.39. The largest absolute Gasteiger partial charge is 0.508 e. The molecule has 0 fully saturated rings. The predicted octanol–water partition coefficient (Wildman–Crippen LogP) is 4.61. The molecule has 1 aromatic rings. The van der Waals surface area contributed by atoms with Gasteiger partial charge in [-0.25, -0.2) is 4.79 Å². The van der Waals surface area contributed by atoms with Gasteiger partial charge in [0, 0.05) is 13.1 Å². The number of phenols is 1. The first-order valence-corrected chi connectivity index (χ1v) is 8.47. The van der Waals surface area contributed by atoms with E-state index in [9.17, 15) is 9.90 Å². The van der Waals surface area contributed by atoms with Crippen LogP contribution in [0.4, 0.5) is 4.79 Å². The van der Waals surface area contributed by atoms with Crippen LogP contribution < -0.4 is 0 Å². The van der Waals surface area contributed by atoms with Crippen molar-refractivity contribution in [1.82, 2.24) is 4.90 Å². The monoisotopic (exact) mass is 321 g/mol. The van der Waals surface area contributed by atoms with Gasteiger partial charge in [-0.05, 0) is 57.2 Å². The molecule has 4 heteroatoms. The van der Waals surface area contributed by atoms with Crippen LogP contribution in [0.15, 0.2) is 24.3 Å². The van der Waals surface area contributed by atoms with Crippen LogP contribution in [-0.2, 0) is 11.2 Å². The van der Waals surface area contributed by atoms with Crippen molar-refractivity contribution in [2.24, 2.45) is 5.92 Å². The molecular weight excluding hydrogens is 290 g/mol. The van der Waals surface area contributed by atoms with Crippen LogP contribution in [0.5, 0.6) is 5.75 Å². The first-order chi connectivity index (χ1) is 10.7. The van der Waals surface area contributed by atoms with Crippen LogP contribution in [-0.4, -0.2) is 34.8 Å². The molecule has 0 aliphatic heterocycles. The van der Waals surface area contributed by atoms with E-state index in [0.29, 0.717) is 19.0 Å². The first-order valence-electron chi connectivity index (χ1n) is 8.47. The number of amides is 1. The predicted molar refractivity (Wildman–Crippen MR) is 93.7 cm³/mol. The number of nitrogens with zero attached hydrogens (tertiary/aromatic N) is 1. The van der Waals surface area contributed by atoms with Crippen molar-refractivity contribution in [3.63, 3.8) is 0 Å². The second kappa shape index (κ2) is 8.80. The van der Waals surface area contributed by atoms with E-state index in [1.807, 2.05) is 37.8 Å². The molecule has 0 spiro atoms. The topological polar surface area (TPSA) is 49.8 Å². The minimum Gasteiger partial charge on any atom is -0.508 e. The Morgan fingerprint density at radius 3 is 2.61 bits per heavy atom. The van der Waals surface area contributed by atoms with Crippen LogP contribution >= 0.6 is 0 Å². The van der Waals surface area contributed by atoms with E-state index in [-0.39, 0.29) is 11.8 Å². The van der Waals surface area contributed by atoms with Gasteiger partial charge in [0.1, 0.15) is 11.4 Å². The Balaban J connectivity index is 2.60. The third-order valence-corrected chi connectivity index (χ3v) is 3.68. The Hall–Kier alpha value is -1.71. The molecule has 1 unspecified atom stereocenters. The van der Waals surface area contributed by atoms with E-state index < -0.39 is 5.60 Å². The maximum Gasteiger partial charge on any atom is 0.410 e. The van der Waals surface area contributed by atoms with Crippen LogP contribution in [0.1, 0.15) is 53.0 Å². The zero-order valence-electron chi connectivity index (χ0n) is 15.1. The fraction of sp³-hybridized carbons (Fsp3) is 0.632. The van der Waals surface area contributed by atoms with Gasteiger partial charge < -0.3 is 14.7 Å². The lowest BCUT2D eigenvalue weighted by Gasteiger charge is -2.29. The molecule has 1 N–H and O–H groups in total. The van der Waals surface area contributed by atoms with Crippen LogP contribution in [0, 0.1) is 5.92 Å². The van der Waals surface area contributed by atoms with Crippen LogP contribution in [0.25, 0.3) is 0 Å². The minimum absolute atomic E-state index is 0.242. The quantitative estimate of drug-likeness (QED) is 0.798. The van der Waals surface area contributed by atoms with Gasteiger partial charge in [0.2, 0.25) is 0 Å². The Morgan fingerprint density at radius 1 is 1.35 bits per heavy atom. The maximum atomic E-state index is 12.4. The molecular formula is C19H31NO3. The summed E-state index contributed by atoms with van der Waals surface area (Å²) >= 11 is 0. The molecule has 1 rings (SSSR count). The van der Waals surface area contributed by atoms with Crippen molar-refractivity contribution in [3.05, 3.63) is 29.8 Å². The Labute approximate surface area is 140 Å². The van der Waals surface area contributed by atoms with Gasteiger partial charge in [0.15, 0.2) is 0 Å². The van der Waals surface area contributed by atoms with Crippen molar-refractivity contribution in [3.8, 4) is 5.75 Å². The normalized spacial score (nSPS) is 12.7.